The Labute approximate surface area is 67.3 Å². The first-order valence-corrected chi connectivity index (χ1v) is 4.48. The molecule has 1 fully saturated rings. The first-order valence-electron chi connectivity index (χ1n) is 4.48. The number of hydrogen-bond donors (Lipinski definition) is 2. The molecule has 1 atom stereocenters. The van der Waals surface area contributed by atoms with E-state index < -0.39 is 5.60 Å². The summed E-state index contributed by atoms with van der Waals surface area (Å²) in [4.78, 5) is 0. The summed E-state index contributed by atoms with van der Waals surface area (Å²) in [7, 11) is 0. The average Bonchev–Trinajstić information content (AvgIpc) is 2.03. The van der Waals surface area contributed by atoms with Crippen molar-refractivity contribution in [2.75, 3.05) is 6.54 Å². The molecule has 2 heteroatoms. The zero-order valence-electron chi connectivity index (χ0n) is 6.77. The van der Waals surface area contributed by atoms with Gasteiger partial charge in [-0.3, -0.25) is 0 Å². The topological polar surface area (TPSA) is 32.3 Å². The van der Waals surface area contributed by atoms with Crippen molar-refractivity contribution in [3.05, 3.63) is 11.8 Å². The van der Waals surface area contributed by atoms with Gasteiger partial charge >= 0.3 is 0 Å². The fraction of sp³-hybridized carbons (Fsp3) is 0.778. The molecule has 0 aromatic heterocycles. The molecule has 1 unspecified atom stereocenters. The number of nitrogens with one attached hydrogen (secondary N) is 1. The van der Waals surface area contributed by atoms with Gasteiger partial charge in [0.15, 0.2) is 0 Å². The van der Waals surface area contributed by atoms with Gasteiger partial charge < -0.3 is 10.4 Å². The van der Waals surface area contributed by atoms with E-state index in [1.54, 1.807) is 0 Å². The summed E-state index contributed by atoms with van der Waals surface area (Å²) in [5, 5.41) is 13.3. The number of hydrogen-bond acceptors (Lipinski definition) is 2. The van der Waals surface area contributed by atoms with Gasteiger partial charge in [0.1, 0.15) is 5.60 Å². The Hall–Kier alpha value is -0.500. The third kappa shape index (κ3) is 1.16. The Morgan fingerprint density at radius 1 is 1.36 bits per heavy atom. The van der Waals surface area contributed by atoms with E-state index in [-0.39, 0.29) is 0 Å². The molecule has 2 nitrogen and oxygen atoms in total. The molecular weight excluding hydrogens is 138 g/mol. The lowest BCUT2D eigenvalue weighted by atomic mass is 9.82. The Kier molecular flexibility index (Phi) is 1.64. The lowest BCUT2D eigenvalue weighted by molar-refractivity contribution is 0.0330. The Morgan fingerprint density at radius 2 is 2.18 bits per heavy atom. The number of rotatable bonds is 0. The first-order chi connectivity index (χ1) is 5.31. The van der Waals surface area contributed by atoms with E-state index in [1.165, 1.54) is 0 Å². The maximum atomic E-state index is 10.1. The van der Waals surface area contributed by atoms with Crippen molar-refractivity contribution in [1.29, 1.82) is 0 Å². The molecule has 1 aliphatic carbocycles. The van der Waals surface area contributed by atoms with Gasteiger partial charge in [-0.25, -0.2) is 0 Å². The first kappa shape index (κ1) is 7.17. The lowest BCUT2D eigenvalue weighted by Crippen LogP contribution is -2.44. The standard InChI is InChI=1S/C9H15NO/c11-9-5-2-1-4-8(9)10-7-3-6-9/h4,10-11H,1-3,5-7H2. The molecule has 2 rings (SSSR count). The highest BCUT2D eigenvalue weighted by Crippen LogP contribution is 2.33. The van der Waals surface area contributed by atoms with Gasteiger partial charge in [0.05, 0.1) is 0 Å². The second-order valence-corrected chi connectivity index (χ2v) is 3.57. The van der Waals surface area contributed by atoms with Crippen molar-refractivity contribution >= 4 is 0 Å². The third-order valence-corrected chi connectivity index (χ3v) is 2.73. The molecule has 11 heavy (non-hydrogen) atoms. The van der Waals surface area contributed by atoms with Crippen LogP contribution in [0.25, 0.3) is 0 Å². The summed E-state index contributed by atoms with van der Waals surface area (Å²) in [6, 6.07) is 0. The molecule has 1 saturated heterocycles. The fourth-order valence-corrected chi connectivity index (χ4v) is 2.07. The molecule has 0 aromatic rings. The van der Waals surface area contributed by atoms with Gasteiger partial charge in [0.25, 0.3) is 0 Å². The maximum Gasteiger partial charge on any atom is 0.104 e. The van der Waals surface area contributed by atoms with E-state index >= 15 is 0 Å². The Balaban J connectivity index is 2.22. The number of allylic oxidation sites excluding steroid dienone is 1. The van der Waals surface area contributed by atoms with Crippen LogP contribution in [0.15, 0.2) is 11.8 Å². The highest BCUT2D eigenvalue weighted by molar-refractivity contribution is 5.19. The zero-order chi connectivity index (χ0) is 7.73. The van der Waals surface area contributed by atoms with Crippen molar-refractivity contribution in [2.24, 2.45) is 0 Å². The van der Waals surface area contributed by atoms with Crippen molar-refractivity contribution in [3.63, 3.8) is 0 Å². The van der Waals surface area contributed by atoms with Crippen LogP contribution in [0, 0.1) is 0 Å². The Morgan fingerprint density at radius 3 is 3.00 bits per heavy atom. The van der Waals surface area contributed by atoms with Gasteiger partial charge in [-0.1, -0.05) is 6.08 Å². The van der Waals surface area contributed by atoms with Crippen molar-refractivity contribution in [2.45, 2.75) is 37.7 Å². The van der Waals surface area contributed by atoms with Crippen LogP contribution in [0.4, 0.5) is 0 Å². The van der Waals surface area contributed by atoms with Crippen LogP contribution in [0.3, 0.4) is 0 Å². The summed E-state index contributed by atoms with van der Waals surface area (Å²) in [5.74, 6) is 0. The minimum absolute atomic E-state index is 0.476. The van der Waals surface area contributed by atoms with Gasteiger partial charge in [-0.2, -0.15) is 0 Å². The van der Waals surface area contributed by atoms with E-state index in [1.807, 2.05) is 0 Å². The second kappa shape index (κ2) is 2.52. The largest absolute Gasteiger partial charge is 0.386 e. The summed E-state index contributed by atoms with van der Waals surface area (Å²) in [5.41, 5.74) is 0.617. The molecule has 0 bridgehead atoms. The molecule has 0 aromatic carbocycles. The minimum Gasteiger partial charge on any atom is -0.386 e. The molecule has 1 aliphatic heterocycles. The van der Waals surface area contributed by atoms with Crippen molar-refractivity contribution < 1.29 is 5.11 Å². The Bertz CT molecular complexity index is 188. The van der Waals surface area contributed by atoms with E-state index in [0.29, 0.717) is 0 Å². The van der Waals surface area contributed by atoms with Crippen LogP contribution in [0.5, 0.6) is 0 Å². The molecule has 1 heterocycles. The maximum absolute atomic E-state index is 10.1. The smallest absolute Gasteiger partial charge is 0.104 e. The second-order valence-electron chi connectivity index (χ2n) is 3.57. The normalized spacial score (nSPS) is 37.0. The van der Waals surface area contributed by atoms with Crippen molar-refractivity contribution in [1.82, 2.24) is 5.32 Å². The minimum atomic E-state index is -0.476. The van der Waals surface area contributed by atoms with Crippen LogP contribution < -0.4 is 5.32 Å². The predicted molar refractivity (Wildman–Crippen MR) is 44.1 cm³/mol. The van der Waals surface area contributed by atoms with Crippen LogP contribution in [-0.2, 0) is 0 Å². The van der Waals surface area contributed by atoms with Gasteiger partial charge in [0, 0.05) is 12.2 Å². The third-order valence-electron chi connectivity index (χ3n) is 2.73. The molecular formula is C9H15NO. The molecule has 0 radical (unpaired) electrons. The predicted octanol–water partition coefficient (Wildman–Crippen LogP) is 1.17. The zero-order valence-corrected chi connectivity index (χ0v) is 6.77. The fourth-order valence-electron chi connectivity index (χ4n) is 2.07. The average molecular weight is 153 g/mol. The molecule has 0 amide bonds. The summed E-state index contributed by atoms with van der Waals surface area (Å²) < 4.78 is 0. The lowest BCUT2D eigenvalue weighted by Gasteiger charge is -2.38. The van der Waals surface area contributed by atoms with E-state index in [4.69, 9.17) is 0 Å². The summed E-state index contributed by atoms with van der Waals surface area (Å²) >= 11 is 0. The van der Waals surface area contributed by atoms with Gasteiger partial charge in [-0.15, -0.1) is 0 Å². The summed E-state index contributed by atoms with van der Waals surface area (Å²) in [6.07, 6.45) is 7.43. The number of fused-ring (bicyclic) bond motifs is 1. The van der Waals surface area contributed by atoms with E-state index in [9.17, 15) is 5.11 Å². The molecule has 0 spiro atoms. The summed E-state index contributed by atoms with van der Waals surface area (Å²) in [6.45, 7) is 1.04. The van der Waals surface area contributed by atoms with E-state index in [0.717, 1.165) is 44.3 Å². The van der Waals surface area contributed by atoms with Gasteiger partial charge in [-0.05, 0) is 32.1 Å². The number of aliphatic hydroxyl groups is 1. The van der Waals surface area contributed by atoms with Crippen LogP contribution in [0.2, 0.25) is 0 Å². The molecule has 0 saturated carbocycles. The molecule has 2 aliphatic rings. The van der Waals surface area contributed by atoms with Crippen LogP contribution in [0.1, 0.15) is 32.1 Å². The number of piperidine rings is 1. The van der Waals surface area contributed by atoms with Crippen molar-refractivity contribution in [3.8, 4) is 0 Å². The van der Waals surface area contributed by atoms with E-state index in [2.05, 4.69) is 11.4 Å². The highest BCUT2D eigenvalue weighted by atomic mass is 16.3. The van der Waals surface area contributed by atoms with Crippen LogP contribution >= 0.6 is 0 Å². The highest BCUT2D eigenvalue weighted by Gasteiger charge is 2.34. The molecule has 62 valence electrons. The van der Waals surface area contributed by atoms with Gasteiger partial charge in [0.2, 0.25) is 0 Å². The molecule has 2 N–H and O–H groups in total. The quantitative estimate of drug-likeness (QED) is 0.547. The monoisotopic (exact) mass is 153 g/mol. The SMILES string of the molecule is OC12CCCC=C1NCCC2. The van der Waals surface area contributed by atoms with Crippen LogP contribution in [-0.4, -0.2) is 17.3 Å².